The Kier molecular flexibility index (Phi) is 7.83. The van der Waals surface area contributed by atoms with Crippen molar-refractivity contribution in [2.24, 2.45) is 11.0 Å². The molecule has 0 aromatic heterocycles. The molecule has 3 atom stereocenters. The van der Waals surface area contributed by atoms with Gasteiger partial charge in [-0.15, -0.1) is 0 Å². The Morgan fingerprint density at radius 1 is 0.875 bits per heavy atom. The van der Waals surface area contributed by atoms with E-state index in [9.17, 15) is 4.79 Å². The monoisotopic (exact) mass is 543 g/mol. The summed E-state index contributed by atoms with van der Waals surface area (Å²) in [7, 11) is 0. The van der Waals surface area contributed by atoms with Crippen LogP contribution in [0.4, 0.5) is 5.69 Å². The molecule has 0 radical (unpaired) electrons. The van der Waals surface area contributed by atoms with Gasteiger partial charge < -0.3 is 5.32 Å². The Morgan fingerprint density at radius 2 is 1.55 bits per heavy atom. The van der Waals surface area contributed by atoms with Crippen LogP contribution in [0.2, 0.25) is 0 Å². The summed E-state index contributed by atoms with van der Waals surface area (Å²) >= 11 is 1.87. The number of thioether (sulfide) groups is 1. The zero-order valence-electron chi connectivity index (χ0n) is 22.6. The molecular formula is C35H33N3OS. The van der Waals surface area contributed by atoms with Crippen molar-refractivity contribution in [1.29, 1.82) is 0 Å². The molecule has 0 saturated carbocycles. The molecule has 1 amide bonds. The van der Waals surface area contributed by atoms with Crippen LogP contribution in [0.1, 0.15) is 63.5 Å². The van der Waals surface area contributed by atoms with E-state index in [0.717, 1.165) is 29.2 Å². The van der Waals surface area contributed by atoms with Gasteiger partial charge in [0.1, 0.15) is 0 Å². The number of rotatable bonds is 8. The van der Waals surface area contributed by atoms with Gasteiger partial charge in [0.25, 0.3) is 5.91 Å². The minimum absolute atomic E-state index is 0.202. The Balaban J connectivity index is 1.09. The lowest BCUT2D eigenvalue weighted by Crippen LogP contribution is -2.29. The predicted molar refractivity (Wildman–Crippen MR) is 167 cm³/mol. The Hall–Kier alpha value is -4.09. The van der Waals surface area contributed by atoms with Gasteiger partial charge in [-0.2, -0.15) is 16.9 Å². The van der Waals surface area contributed by atoms with Crippen molar-refractivity contribution >= 4 is 29.1 Å². The molecule has 4 aromatic carbocycles. The van der Waals surface area contributed by atoms with Gasteiger partial charge in [-0.05, 0) is 71.3 Å². The highest BCUT2D eigenvalue weighted by atomic mass is 32.2. The second-order valence-corrected chi connectivity index (χ2v) is 11.5. The number of benzene rings is 4. The molecule has 2 aliphatic rings. The highest BCUT2D eigenvalue weighted by Crippen LogP contribution is 2.49. The predicted octanol–water partition coefficient (Wildman–Crippen LogP) is 8.10. The summed E-state index contributed by atoms with van der Waals surface area (Å²) in [6, 6.07) is 35.7. The third-order valence-electron chi connectivity index (χ3n) is 7.86. The number of hydrogen-bond acceptors (Lipinski definition) is 4. The summed E-state index contributed by atoms with van der Waals surface area (Å²) in [5.41, 5.74) is 11.5. The van der Waals surface area contributed by atoms with Gasteiger partial charge in [-0.25, -0.2) is 5.43 Å². The zero-order chi connectivity index (χ0) is 27.3. The molecule has 0 spiro atoms. The van der Waals surface area contributed by atoms with Gasteiger partial charge in [0, 0.05) is 28.7 Å². The Labute approximate surface area is 240 Å². The van der Waals surface area contributed by atoms with Crippen molar-refractivity contribution in [2.75, 3.05) is 5.32 Å². The van der Waals surface area contributed by atoms with Gasteiger partial charge in [-0.3, -0.25) is 4.79 Å². The zero-order valence-corrected chi connectivity index (χ0v) is 23.4. The topological polar surface area (TPSA) is 53.5 Å². The maximum atomic E-state index is 12.8. The van der Waals surface area contributed by atoms with Crippen molar-refractivity contribution < 1.29 is 4.79 Å². The molecular weight excluding hydrogens is 510 g/mol. The summed E-state index contributed by atoms with van der Waals surface area (Å²) < 4.78 is 0. The first-order chi connectivity index (χ1) is 19.7. The molecule has 0 unspecified atom stereocenters. The standard InChI is InChI=1S/C35H33N3OS/c1-24(37-38-35(39)28-17-15-26(16-18-28)23-40-22-25-9-4-2-5-10-25)29-19-20-33-32(21-29)30-13-8-14-31(30)34(36-33)27-11-6-3-7-12-27/h2-13,15-21,30-31,34,36H,14,22-23H2,1H3,(H,38,39)/b37-24-/t30-,31+,34+/m1/s1. The summed E-state index contributed by atoms with van der Waals surface area (Å²) in [4.78, 5) is 12.8. The van der Waals surface area contributed by atoms with Gasteiger partial charge in [0.05, 0.1) is 11.8 Å². The number of carbonyl (C=O) groups excluding carboxylic acids is 1. The minimum Gasteiger partial charge on any atom is -0.378 e. The first-order valence-corrected chi connectivity index (χ1v) is 15.0. The quantitative estimate of drug-likeness (QED) is 0.134. The van der Waals surface area contributed by atoms with E-state index in [-0.39, 0.29) is 5.91 Å². The third-order valence-corrected chi connectivity index (χ3v) is 8.94. The number of allylic oxidation sites excluding steroid dienone is 2. The molecule has 0 fully saturated rings. The highest BCUT2D eigenvalue weighted by molar-refractivity contribution is 7.97. The van der Waals surface area contributed by atoms with Crippen molar-refractivity contribution in [3.8, 4) is 0 Å². The second kappa shape index (κ2) is 12.0. The van der Waals surface area contributed by atoms with E-state index < -0.39 is 0 Å². The molecule has 40 heavy (non-hydrogen) atoms. The largest absolute Gasteiger partial charge is 0.378 e. The fourth-order valence-corrected chi connectivity index (χ4v) is 6.65. The summed E-state index contributed by atoms with van der Waals surface area (Å²) in [5.74, 6) is 2.54. The van der Waals surface area contributed by atoms with E-state index in [2.05, 4.69) is 101 Å². The molecule has 5 heteroatoms. The number of nitrogens with zero attached hydrogens (tertiary/aromatic N) is 1. The first-order valence-electron chi connectivity index (χ1n) is 13.8. The second-order valence-electron chi connectivity index (χ2n) is 10.5. The van der Waals surface area contributed by atoms with Crippen LogP contribution in [0, 0.1) is 5.92 Å². The molecule has 4 aromatic rings. The molecule has 0 bridgehead atoms. The molecule has 1 aliphatic heterocycles. The molecule has 1 heterocycles. The number of hydrogen-bond donors (Lipinski definition) is 2. The molecule has 200 valence electrons. The number of anilines is 1. The van der Waals surface area contributed by atoms with E-state index in [1.165, 1.54) is 27.9 Å². The minimum atomic E-state index is -0.202. The number of carbonyl (C=O) groups is 1. The third kappa shape index (κ3) is 5.75. The number of amides is 1. The van der Waals surface area contributed by atoms with Crippen molar-refractivity contribution in [1.82, 2.24) is 5.43 Å². The van der Waals surface area contributed by atoms with E-state index in [1.54, 1.807) is 0 Å². The fraction of sp³-hybridized carbons (Fsp3) is 0.200. The molecule has 2 N–H and O–H groups in total. The average Bonchev–Trinajstić information content (AvgIpc) is 3.51. The molecule has 4 nitrogen and oxygen atoms in total. The number of nitrogens with one attached hydrogen (secondary N) is 2. The summed E-state index contributed by atoms with van der Waals surface area (Å²) in [6.45, 7) is 1.94. The lowest BCUT2D eigenvalue weighted by Gasteiger charge is -2.37. The highest BCUT2D eigenvalue weighted by Gasteiger charge is 2.37. The van der Waals surface area contributed by atoms with Crippen LogP contribution in [-0.2, 0) is 11.5 Å². The molecule has 6 rings (SSSR count). The smallest absolute Gasteiger partial charge is 0.271 e. The summed E-state index contributed by atoms with van der Waals surface area (Å²) in [5, 5.41) is 8.24. The van der Waals surface area contributed by atoms with Crippen LogP contribution in [0.15, 0.2) is 120 Å². The van der Waals surface area contributed by atoms with Gasteiger partial charge in [0.15, 0.2) is 0 Å². The van der Waals surface area contributed by atoms with Crippen LogP contribution >= 0.6 is 11.8 Å². The molecule has 0 saturated heterocycles. The van der Waals surface area contributed by atoms with Crippen LogP contribution in [-0.4, -0.2) is 11.6 Å². The number of hydrazone groups is 1. The van der Waals surface area contributed by atoms with Gasteiger partial charge in [0.2, 0.25) is 0 Å². The maximum absolute atomic E-state index is 12.8. The SMILES string of the molecule is C/C(=N/NC(=O)c1ccc(CSCc2ccccc2)cc1)c1ccc2c(c1)[C@@H]1C=CC[C@@H]1[C@H](c1ccccc1)N2. The fourth-order valence-electron chi connectivity index (χ4n) is 5.69. The van der Waals surface area contributed by atoms with Crippen LogP contribution in [0.3, 0.4) is 0 Å². The van der Waals surface area contributed by atoms with E-state index in [4.69, 9.17) is 0 Å². The van der Waals surface area contributed by atoms with Crippen LogP contribution in [0.25, 0.3) is 0 Å². The lowest BCUT2D eigenvalue weighted by molar-refractivity contribution is 0.0955. The van der Waals surface area contributed by atoms with E-state index in [0.29, 0.717) is 23.4 Å². The van der Waals surface area contributed by atoms with Gasteiger partial charge >= 0.3 is 0 Å². The van der Waals surface area contributed by atoms with Gasteiger partial charge in [-0.1, -0.05) is 91.0 Å². The van der Waals surface area contributed by atoms with Crippen LogP contribution < -0.4 is 10.7 Å². The van der Waals surface area contributed by atoms with E-state index in [1.807, 2.05) is 49.0 Å². The van der Waals surface area contributed by atoms with Crippen molar-refractivity contribution in [2.45, 2.75) is 36.8 Å². The number of fused-ring (bicyclic) bond motifs is 3. The van der Waals surface area contributed by atoms with E-state index >= 15 is 0 Å². The van der Waals surface area contributed by atoms with Crippen molar-refractivity contribution in [3.63, 3.8) is 0 Å². The first kappa shape index (κ1) is 26.1. The summed E-state index contributed by atoms with van der Waals surface area (Å²) in [6.07, 6.45) is 5.72. The normalized spacial score (nSPS) is 19.4. The average molecular weight is 544 g/mol. The molecule has 1 aliphatic carbocycles. The van der Waals surface area contributed by atoms with Crippen LogP contribution in [0.5, 0.6) is 0 Å². The van der Waals surface area contributed by atoms with Crippen molar-refractivity contribution in [3.05, 3.63) is 149 Å². The Morgan fingerprint density at radius 3 is 2.30 bits per heavy atom. The Bertz CT molecular complexity index is 1530. The lowest BCUT2D eigenvalue weighted by atomic mass is 9.76. The maximum Gasteiger partial charge on any atom is 0.271 e.